The number of hydrogen-bond donors (Lipinski definition) is 0. The number of halogens is 2. The number of fused-ring (bicyclic) bond motifs is 1. The average Bonchev–Trinajstić information content (AvgIpc) is 3.03. The van der Waals surface area contributed by atoms with Gasteiger partial charge in [-0.1, -0.05) is 0 Å². The van der Waals surface area contributed by atoms with Gasteiger partial charge in [-0.15, -0.1) is 0 Å². The molecule has 0 saturated heterocycles. The fourth-order valence-electron chi connectivity index (χ4n) is 4.95. The maximum absolute atomic E-state index is 2.60. The summed E-state index contributed by atoms with van der Waals surface area (Å²) in [5.41, 5.74) is 9.36. The van der Waals surface area contributed by atoms with Gasteiger partial charge in [0.1, 0.15) is 0 Å². The summed E-state index contributed by atoms with van der Waals surface area (Å²) >= 11 is -1.81. The molecule has 3 aliphatic carbocycles. The van der Waals surface area contributed by atoms with Crippen LogP contribution in [0.1, 0.15) is 35.5 Å². The zero-order chi connectivity index (χ0) is 18.4. The van der Waals surface area contributed by atoms with Gasteiger partial charge >= 0.3 is 167 Å². The maximum Gasteiger partial charge on any atom is -1.00 e. The van der Waals surface area contributed by atoms with Crippen LogP contribution >= 0.6 is 0 Å². The first-order valence-corrected chi connectivity index (χ1v) is 18.7. The SMILES string of the molecule is CC1=CC2=C(C=CC=CC2C)[CH]1[Zr+2]([CH]1C(C)=Cc2ccccc21)=[Si](C)C.[Cl-].[Cl-]. The Hall–Kier alpha value is -0.400. The maximum atomic E-state index is 2.60. The van der Waals surface area contributed by atoms with Crippen LogP contribution in [0.15, 0.2) is 76.9 Å². The third kappa shape index (κ3) is 4.08. The molecule has 4 rings (SSSR count). The molecular formula is C24H28Cl2SiZr. The van der Waals surface area contributed by atoms with E-state index in [0.29, 0.717) is 5.92 Å². The molecule has 28 heavy (non-hydrogen) atoms. The molecule has 0 aliphatic heterocycles. The Kier molecular flexibility index (Phi) is 8.19. The van der Waals surface area contributed by atoms with Crippen molar-refractivity contribution in [2.45, 2.75) is 41.1 Å². The summed E-state index contributed by atoms with van der Waals surface area (Å²) in [6.07, 6.45) is 14.3. The molecule has 3 aliphatic rings. The van der Waals surface area contributed by atoms with E-state index in [2.05, 4.69) is 94.6 Å². The fourth-order valence-corrected chi connectivity index (χ4v) is 25.7. The van der Waals surface area contributed by atoms with Gasteiger partial charge in [-0.05, 0) is 0 Å². The molecule has 0 spiro atoms. The molecule has 0 bridgehead atoms. The quantitative estimate of drug-likeness (QED) is 0.522. The molecule has 0 radical (unpaired) electrons. The van der Waals surface area contributed by atoms with Gasteiger partial charge in [0.15, 0.2) is 0 Å². The number of allylic oxidation sites excluding steroid dienone is 9. The summed E-state index contributed by atoms with van der Waals surface area (Å²) < 4.78 is 1.52. The van der Waals surface area contributed by atoms with Gasteiger partial charge in [-0.2, -0.15) is 0 Å². The van der Waals surface area contributed by atoms with E-state index < -0.39 is 20.4 Å². The number of benzene rings is 1. The molecule has 4 heteroatoms. The number of hydrogen-bond acceptors (Lipinski definition) is 0. The van der Waals surface area contributed by atoms with Crippen LogP contribution < -0.4 is 24.8 Å². The standard InChI is InChI=1S/C12H13.C10H9.C2H6Si.2ClH.Zr/c1-9-7-11-6-4-3-5-10(2)12(11)8-9;1-8-6-9-4-2-3-5-10(9)7-8;1-3-2;;;/h3-8,10H,1-2H3;2-7H,1H3;1-2H3;2*1H;/q;;;;;+2/p-2. The topological polar surface area (TPSA) is 0 Å². The van der Waals surface area contributed by atoms with E-state index in [1.807, 2.05) is 0 Å². The van der Waals surface area contributed by atoms with Gasteiger partial charge < -0.3 is 24.8 Å². The zero-order valence-corrected chi connectivity index (χ0v) is 22.2. The summed E-state index contributed by atoms with van der Waals surface area (Å²) in [6, 6.07) is 9.17. The Bertz CT molecular complexity index is 959. The van der Waals surface area contributed by atoms with E-state index in [9.17, 15) is 0 Å². The van der Waals surface area contributed by atoms with Crippen LogP contribution in [0.2, 0.25) is 16.7 Å². The molecule has 0 heterocycles. The van der Waals surface area contributed by atoms with Crippen molar-refractivity contribution in [1.29, 1.82) is 0 Å². The smallest absolute Gasteiger partial charge is 1.00 e. The molecule has 0 fully saturated rings. The van der Waals surface area contributed by atoms with E-state index >= 15 is 0 Å². The Morgan fingerprint density at radius 1 is 0.857 bits per heavy atom. The first kappa shape index (κ1) is 23.9. The molecule has 0 aromatic heterocycles. The molecule has 146 valence electrons. The monoisotopic (exact) mass is 504 g/mol. The first-order chi connectivity index (χ1) is 12.5. The minimum Gasteiger partial charge on any atom is -1.00 e. The Morgan fingerprint density at radius 3 is 2.25 bits per heavy atom. The minimum atomic E-state index is -1.81. The van der Waals surface area contributed by atoms with Gasteiger partial charge in [0.05, 0.1) is 0 Å². The summed E-state index contributed by atoms with van der Waals surface area (Å²) in [5.74, 6) is 0.543. The predicted octanol–water partition coefficient (Wildman–Crippen LogP) is 0.829. The summed E-state index contributed by atoms with van der Waals surface area (Å²) in [7, 11) is 0. The van der Waals surface area contributed by atoms with Crippen molar-refractivity contribution in [2.75, 3.05) is 0 Å². The zero-order valence-electron chi connectivity index (χ0n) is 17.3. The predicted molar refractivity (Wildman–Crippen MR) is 112 cm³/mol. The summed E-state index contributed by atoms with van der Waals surface area (Å²) in [5, 5.41) is 0. The van der Waals surface area contributed by atoms with Gasteiger partial charge in [-0.25, -0.2) is 0 Å². The van der Waals surface area contributed by atoms with E-state index in [-0.39, 0.29) is 30.2 Å². The molecule has 1 aromatic rings. The molecular weight excluding hydrogens is 478 g/mol. The van der Waals surface area contributed by atoms with Crippen molar-refractivity contribution in [3.8, 4) is 0 Å². The minimum absolute atomic E-state index is 0. The van der Waals surface area contributed by atoms with Crippen molar-refractivity contribution >= 4 is 11.5 Å². The largest absolute Gasteiger partial charge is 1.00 e. The summed E-state index contributed by atoms with van der Waals surface area (Å²) in [4.78, 5) is 0. The first-order valence-electron chi connectivity index (χ1n) is 9.70. The number of rotatable bonds is 2. The van der Waals surface area contributed by atoms with Crippen LogP contribution in [0.4, 0.5) is 0 Å². The average molecular weight is 507 g/mol. The second-order valence-electron chi connectivity index (χ2n) is 8.17. The fraction of sp³-hybridized carbons (Fsp3) is 0.333. The Morgan fingerprint density at radius 2 is 1.54 bits per heavy atom. The molecule has 0 amide bonds. The van der Waals surface area contributed by atoms with Crippen LogP contribution in [0.5, 0.6) is 0 Å². The summed E-state index contributed by atoms with van der Waals surface area (Å²) in [6.45, 7) is 12.4. The van der Waals surface area contributed by atoms with E-state index in [4.69, 9.17) is 0 Å². The van der Waals surface area contributed by atoms with Gasteiger partial charge in [0.2, 0.25) is 0 Å². The normalized spacial score (nSPS) is 24.1. The molecule has 3 unspecified atom stereocenters. The second kappa shape index (κ2) is 9.61. The second-order valence-corrected chi connectivity index (χ2v) is 26.0. The van der Waals surface area contributed by atoms with E-state index in [1.54, 1.807) is 27.9 Å². The van der Waals surface area contributed by atoms with E-state index in [0.717, 1.165) is 7.25 Å². The molecule has 3 atom stereocenters. The van der Waals surface area contributed by atoms with Crippen molar-refractivity contribution in [2.24, 2.45) is 5.92 Å². The molecule has 0 saturated carbocycles. The van der Waals surface area contributed by atoms with Gasteiger partial charge in [0.25, 0.3) is 0 Å². The van der Waals surface area contributed by atoms with Crippen molar-refractivity contribution in [1.82, 2.24) is 0 Å². The Labute approximate surface area is 190 Å². The molecule has 0 nitrogen and oxygen atoms in total. The third-order valence-electron chi connectivity index (χ3n) is 6.10. The van der Waals surface area contributed by atoms with Crippen molar-refractivity contribution in [3.05, 3.63) is 88.1 Å². The van der Waals surface area contributed by atoms with E-state index in [1.165, 1.54) is 5.56 Å². The van der Waals surface area contributed by atoms with Crippen LogP contribution in [0, 0.1) is 5.92 Å². The third-order valence-corrected chi connectivity index (χ3v) is 26.0. The van der Waals surface area contributed by atoms with Crippen LogP contribution in [0.3, 0.4) is 0 Å². The Balaban J connectivity index is 0.00000140. The van der Waals surface area contributed by atoms with Crippen molar-refractivity contribution < 1.29 is 45.2 Å². The van der Waals surface area contributed by atoms with Crippen LogP contribution in [-0.4, -0.2) is 5.43 Å². The van der Waals surface area contributed by atoms with Gasteiger partial charge in [-0.3, -0.25) is 0 Å². The van der Waals surface area contributed by atoms with Crippen molar-refractivity contribution in [3.63, 3.8) is 0 Å². The molecule has 1 aromatic carbocycles. The van der Waals surface area contributed by atoms with Gasteiger partial charge in [0, 0.05) is 0 Å². The molecule has 0 N–H and O–H groups in total. The van der Waals surface area contributed by atoms with Crippen LogP contribution in [-0.2, 0) is 20.4 Å². The van der Waals surface area contributed by atoms with Crippen LogP contribution in [0.25, 0.3) is 6.08 Å².